The fourth-order valence-electron chi connectivity index (χ4n) is 3.62. The van der Waals surface area contributed by atoms with Crippen molar-refractivity contribution in [1.29, 1.82) is 0 Å². The zero-order chi connectivity index (χ0) is 16.1. The van der Waals surface area contributed by atoms with Gasteiger partial charge < -0.3 is 15.2 Å². The Balaban J connectivity index is 0.00000208. The molecule has 2 atom stereocenters. The molecule has 1 fully saturated rings. The Labute approximate surface area is 154 Å². The lowest BCUT2D eigenvalue weighted by Gasteiger charge is -2.38. The second kappa shape index (κ2) is 9.16. The van der Waals surface area contributed by atoms with Crippen molar-refractivity contribution in [1.82, 2.24) is 5.32 Å². The number of nitrogens with one attached hydrogen (secondary N) is 1. The Kier molecular flexibility index (Phi) is 7.51. The molecule has 2 N–H and O–H groups in total. The molecule has 24 heavy (non-hydrogen) atoms. The van der Waals surface area contributed by atoms with Gasteiger partial charge in [0, 0.05) is 35.8 Å². The Morgan fingerprint density at radius 2 is 2.17 bits per heavy atom. The van der Waals surface area contributed by atoms with Gasteiger partial charge in [0.25, 0.3) is 0 Å². The van der Waals surface area contributed by atoms with Gasteiger partial charge in [-0.05, 0) is 56.2 Å². The number of rotatable bonds is 7. The average molecular weight is 370 g/mol. The van der Waals surface area contributed by atoms with Crippen molar-refractivity contribution in [3.05, 3.63) is 35.2 Å². The minimum atomic E-state index is -0.717. The Morgan fingerprint density at radius 1 is 1.33 bits per heavy atom. The van der Waals surface area contributed by atoms with E-state index in [2.05, 4.69) is 35.6 Å². The summed E-state index contributed by atoms with van der Waals surface area (Å²) in [5.74, 6) is 0.298. The molecule has 0 spiro atoms. The van der Waals surface area contributed by atoms with E-state index < -0.39 is 5.60 Å². The van der Waals surface area contributed by atoms with Crippen molar-refractivity contribution in [2.45, 2.75) is 37.7 Å². The summed E-state index contributed by atoms with van der Waals surface area (Å²) in [6.07, 6.45) is 5.06. The van der Waals surface area contributed by atoms with E-state index >= 15 is 0 Å². The Morgan fingerprint density at radius 3 is 2.88 bits per heavy atom. The molecule has 1 aliphatic heterocycles. The first kappa shape index (κ1) is 19.7. The summed E-state index contributed by atoms with van der Waals surface area (Å²) >= 11 is 1.75. The molecular formula is C19H28ClNO2S. The maximum Gasteiger partial charge on any atom is 0.103 e. The Bertz CT molecular complexity index is 594. The summed E-state index contributed by atoms with van der Waals surface area (Å²) in [5, 5.41) is 16.3. The molecule has 3 rings (SSSR count). The zero-order valence-electron chi connectivity index (χ0n) is 14.3. The third-order valence-electron chi connectivity index (χ3n) is 4.98. The predicted octanol–water partition coefficient (Wildman–Crippen LogP) is 4.33. The standard InChI is InChI=1S/C19H27NO2S.ClH/c1-22-12-5-4-10-19(21,16-8-6-11-20-14-16)18-13-15-7-2-3-9-17(15)23-18;/h2-3,7,9,13,16,20-21H,4-6,8,10-12,14H2,1H3;1H/t16-,19+;/m1./s1. The monoisotopic (exact) mass is 369 g/mol. The maximum atomic E-state index is 11.6. The summed E-state index contributed by atoms with van der Waals surface area (Å²) in [4.78, 5) is 1.13. The van der Waals surface area contributed by atoms with Crippen LogP contribution in [0, 0.1) is 5.92 Å². The van der Waals surface area contributed by atoms with Crippen molar-refractivity contribution in [2.75, 3.05) is 26.8 Å². The Hall–Kier alpha value is -0.650. The second-order valence-corrected chi connectivity index (χ2v) is 7.65. The number of hydrogen-bond acceptors (Lipinski definition) is 4. The predicted molar refractivity (Wildman–Crippen MR) is 104 cm³/mol. The molecule has 0 radical (unpaired) electrons. The summed E-state index contributed by atoms with van der Waals surface area (Å²) in [6, 6.07) is 10.6. The van der Waals surface area contributed by atoms with E-state index in [1.807, 2.05) is 0 Å². The highest BCUT2D eigenvalue weighted by Crippen LogP contribution is 2.43. The van der Waals surface area contributed by atoms with Crippen LogP contribution in [0.1, 0.15) is 37.0 Å². The number of hydrogen-bond donors (Lipinski definition) is 2. The number of unbranched alkanes of at least 4 members (excludes halogenated alkanes) is 1. The summed E-state index contributed by atoms with van der Waals surface area (Å²) in [6.45, 7) is 2.75. The largest absolute Gasteiger partial charge is 0.385 e. The summed E-state index contributed by atoms with van der Waals surface area (Å²) < 4.78 is 6.43. The lowest BCUT2D eigenvalue weighted by molar-refractivity contribution is -0.0402. The smallest absolute Gasteiger partial charge is 0.103 e. The third-order valence-corrected chi connectivity index (χ3v) is 6.26. The molecule has 1 aromatic carbocycles. The van der Waals surface area contributed by atoms with Crippen LogP contribution in [0.5, 0.6) is 0 Å². The van der Waals surface area contributed by atoms with Crippen molar-refractivity contribution in [3.63, 3.8) is 0 Å². The van der Waals surface area contributed by atoms with E-state index in [4.69, 9.17) is 4.74 Å². The van der Waals surface area contributed by atoms with E-state index in [9.17, 15) is 5.11 Å². The lowest BCUT2D eigenvalue weighted by atomic mass is 9.78. The quantitative estimate of drug-likeness (QED) is 0.714. The molecule has 1 aliphatic rings. The fraction of sp³-hybridized carbons (Fsp3) is 0.579. The third kappa shape index (κ3) is 4.30. The first-order valence-electron chi connectivity index (χ1n) is 8.65. The maximum absolute atomic E-state index is 11.6. The molecule has 134 valence electrons. The molecule has 1 saturated heterocycles. The molecule has 0 bridgehead atoms. The summed E-state index contributed by atoms with van der Waals surface area (Å²) in [5.41, 5.74) is -0.717. The van der Waals surface area contributed by atoms with E-state index in [1.54, 1.807) is 18.4 Å². The van der Waals surface area contributed by atoms with Crippen molar-refractivity contribution in [2.24, 2.45) is 5.92 Å². The minimum Gasteiger partial charge on any atom is -0.385 e. The molecule has 0 saturated carbocycles. The number of ether oxygens (including phenoxy) is 1. The van der Waals surface area contributed by atoms with Gasteiger partial charge in [-0.1, -0.05) is 18.2 Å². The number of aliphatic hydroxyl groups is 1. The van der Waals surface area contributed by atoms with Crippen LogP contribution in [0.15, 0.2) is 30.3 Å². The molecule has 0 amide bonds. The van der Waals surface area contributed by atoms with Gasteiger partial charge in [0.15, 0.2) is 0 Å². The van der Waals surface area contributed by atoms with Crippen LogP contribution in [0.2, 0.25) is 0 Å². The van der Waals surface area contributed by atoms with Gasteiger partial charge in [-0.15, -0.1) is 23.7 Å². The normalized spacial score (nSPS) is 20.5. The molecule has 1 aromatic heterocycles. The topological polar surface area (TPSA) is 41.5 Å². The van der Waals surface area contributed by atoms with Crippen molar-refractivity contribution in [3.8, 4) is 0 Å². The first-order chi connectivity index (χ1) is 11.2. The second-order valence-electron chi connectivity index (χ2n) is 6.57. The molecule has 0 unspecified atom stereocenters. The first-order valence-corrected chi connectivity index (χ1v) is 9.47. The minimum absolute atomic E-state index is 0. The van der Waals surface area contributed by atoms with E-state index in [0.29, 0.717) is 5.92 Å². The van der Waals surface area contributed by atoms with Gasteiger partial charge in [0.05, 0.1) is 0 Å². The van der Waals surface area contributed by atoms with Crippen LogP contribution in [0.3, 0.4) is 0 Å². The highest BCUT2D eigenvalue weighted by molar-refractivity contribution is 7.19. The molecular weight excluding hydrogens is 342 g/mol. The number of fused-ring (bicyclic) bond motifs is 1. The number of piperidine rings is 1. The van der Waals surface area contributed by atoms with Crippen molar-refractivity contribution < 1.29 is 9.84 Å². The van der Waals surface area contributed by atoms with Crippen LogP contribution in [0.4, 0.5) is 0 Å². The van der Waals surface area contributed by atoms with Crippen LogP contribution >= 0.6 is 23.7 Å². The molecule has 3 nitrogen and oxygen atoms in total. The van der Waals surface area contributed by atoms with Gasteiger partial charge in [-0.25, -0.2) is 0 Å². The number of methoxy groups -OCH3 is 1. The lowest BCUT2D eigenvalue weighted by Crippen LogP contribution is -2.43. The van der Waals surface area contributed by atoms with Gasteiger partial charge >= 0.3 is 0 Å². The van der Waals surface area contributed by atoms with Gasteiger partial charge in [-0.3, -0.25) is 0 Å². The highest BCUT2D eigenvalue weighted by atomic mass is 35.5. The van der Waals surface area contributed by atoms with Crippen LogP contribution in [-0.4, -0.2) is 31.9 Å². The number of thiophene rings is 1. The fourth-order valence-corrected chi connectivity index (χ4v) is 4.88. The van der Waals surface area contributed by atoms with Crippen molar-refractivity contribution >= 4 is 33.8 Å². The van der Waals surface area contributed by atoms with Crippen LogP contribution in [-0.2, 0) is 10.3 Å². The van der Waals surface area contributed by atoms with Gasteiger partial charge in [-0.2, -0.15) is 0 Å². The van der Waals surface area contributed by atoms with Gasteiger partial charge in [0.2, 0.25) is 0 Å². The average Bonchev–Trinajstić information content (AvgIpc) is 3.04. The summed E-state index contributed by atoms with van der Waals surface area (Å²) in [7, 11) is 1.74. The zero-order valence-corrected chi connectivity index (χ0v) is 15.9. The van der Waals surface area contributed by atoms with Gasteiger partial charge in [0.1, 0.15) is 5.60 Å². The van der Waals surface area contributed by atoms with E-state index in [1.165, 1.54) is 10.1 Å². The molecule has 5 heteroatoms. The number of benzene rings is 1. The SMILES string of the molecule is COCCCC[C@@](O)(c1cc2ccccc2s1)[C@@H]1CCCNC1.Cl. The highest BCUT2D eigenvalue weighted by Gasteiger charge is 2.39. The van der Waals surface area contributed by atoms with Crippen LogP contribution < -0.4 is 5.32 Å². The number of halogens is 1. The van der Waals surface area contributed by atoms with E-state index in [0.717, 1.165) is 56.7 Å². The molecule has 2 heterocycles. The molecule has 0 aliphatic carbocycles. The van der Waals surface area contributed by atoms with E-state index in [-0.39, 0.29) is 12.4 Å². The molecule has 2 aromatic rings. The van der Waals surface area contributed by atoms with Crippen LogP contribution in [0.25, 0.3) is 10.1 Å².